The van der Waals surface area contributed by atoms with Gasteiger partial charge in [-0.2, -0.15) is 0 Å². The minimum atomic E-state index is -2.95. The first kappa shape index (κ1) is 16.9. The molecular weight excluding hydrogens is 304 g/mol. The lowest BCUT2D eigenvalue weighted by molar-refractivity contribution is 0.373. The van der Waals surface area contributed by atoms with E-state index in [0.717, 1.165) is 44.3 Å². The molecule has 1 aliphatic rings. The number of hydrogen-bond donors (Lipinski definition) is 1. The molecule has 120 valence electrons. The quantitative estimate of drug-likeness (QED) is 0.871. The molecular formula is C15H26N2O2S2. The van der Waals surface area contributed by atoms with E-state index in [4.69, 9.17) is 0 Å². The Balaban J connectivity index is 1.86. The lowest BCUT2D eigenvalue weighted by Gasteiger charge is -2.31. The Morgan fingerprint density at radius 2 is 2.10 bits per heavy atom. The highest BCUT2D eigenvalue weighted by molar-refractivity contribution is 7.91. The van der Waals surface area contributed by atoms with Gasteiger partial charge in [-0.3, -0.25) is 0 Å². The van der Waals surface area contributed by atoms with Crippen LogP contribution in [0.25, 0.3) is 0 Å². The van der Waals surface area contributed by atoms with Crippen molar-refractivity contribution in [2.24, 2.45) is 0 Å². The van der Waals surface area contributed by atoms with Gasteiger partial charge in [-0.15, -0.1) is 11.3 Å². The van der Waals surface area contributed by atoms with Crippen LogP contribution in [-0.4, -0.2) is 37.5 Å². The van der Waals surface area contributed by atoms with E-state index in [1.54, 1.807) is 11.3 Å². The normalized spacial score (nSPS) is 23.6. The molecule has 21 heavy (non-hydrogen) atoms. The van der Waals surface area contributed by atoms with E-state index in [1.807, 2.05) is 0 Å². The number of sulfone groups is 1. The van der Waals surface area contributed by atoms with Gasteiger partial charge < -0.3 is 5.32 Å². The van der Waals surface area contributed by atoms with E-state index in [0.29, 0.717) is 5.92 Å². The molecule has 0 amide bonds. The summed E-state index contributed by atoms with van der Waals surface area (Å²) in [5.41, 5.74) is 1.11. The molecule has 0 spiro atoms. The third kappa shape index (κ3) is 4.76. The van der Waals surface area contributed by atoms with Gasteiger partial charge in [0.1, 0.15) is 0 Å². The average molecular weight is 331 g/mol. The number of thiazole rings is 1. The fourth-order valence-electron chi connectivity index (χ4n) is 2.93. The summed E-state index contributed by atoms with van der Waals surface area (Å²) in [5, 5.41) is 6.53. The molecule has 1 fully saturated rings. The Bertz CT molecular complexity index is 552. The van der Waals surface area contributed by atoms with Gasteiger partial charge in [-0.1, -0.05) is 26.7 Å². The van der Waals surface area contributed by atoms with Crippen LogP contribution >= 0.6 is 11.3 Å². The summed E-state index contributed by atoms with van der Waals surface area (Å²) in [6, 6.07) is 0.108. The van der Waals surface area contributed by atoms with Crippen LogP contribution in [0, 0.1) is 0 Å². The average Bonchev–Trinajstić information content (AvgIpc) is 2.87. The SMILES string of the molecule is CC(C)c1nc(CCNC2CCCCC2S(C)(=O)=O)cs1. The van der Waals surface area contributed by atoms with Gasteiger partial charge in [-0.05, 0) is 12.8 Å². The lowest BCUT2D eigenvalue weighted by Crippen LogP contribution is -2.46. The van der Waals surface area contributed by atoms with Crippen LogP contribution < -0.4 is 5.32 Å². The summed E-state index contributed by atoms with van der Waals surface area (Å²) < 4.78 is 23.7. The van der Waals surface area contributed by atoms with Crippen LogP contribution in [0.15, 0.2) is 5.38 Å². The maximum absolute atomic E-state index is 11.9. The summed E-state index contributed by atoms with van der Waals surface area (Å²) >= 11 is 1.71. The van der Waals surface area contributed by atoms with Crippen LogP contribution in [0.2, 0.25) is 0 Å². The Kier molecular flexibility index (Phi) is 5.80. The molecule has 0 radical (unpaired) electrons. The third-order valence-electron chi connectivity index (χ3n) is 4.10. The first-order valence-electron chi connectivity index (χ1n) is 7.74. The standard InChI is InChI=1S/C15H26N2O2S2/c1-11(2)15-17-12(10-20-15)8-9-16-13-6-4-5-7-14(13)21(3,18)19/h10-11,13-14,16H,4-9H2,1-3H3. The monoisotopic (exact) mass is 330 g/mol. The second-order valence-corrected chi connectivity index (χ2v) is 9.45. The Hall–Kier alpha value is -0.460. The molecule has 1 heterocycles. The zero-order valence-corrected chi connectivity index (χ0v) is 14.8. The van der Waals surface area contributed by atoms with Gasteiger partial charge in [0.05, 0.1) is 16.0 Å². The maximum Gasteiger partial charge on any atom is 0.151 e. The van der Waals surface area contributed by atoms with Crippen molar-refractivity contribution in [3.8, 4) is 0 Å². The van der Waals surface area contributed by atoms with E-state index in [1.165, 1.54) is 11.3 Å². The van der Waals surface area contributed by atoms with Gasteiger partial charge in [0, 0.05) is 36.6 Å². The highest BCUT2D eigenvalue weighted by Crippen LogP contribution is 2.24. The van der Waals surface area contributed by atoms with Crippen molar-refractivity contribution < 1.29 is 8.42 Å². The number of aromatic nitrogens is 1. The molecule has 1 saturated carbocycles. The maximum atomic E-state index is 11.9. The Morgan fingerprint density at radius 3 is 2.71 bits per heavy atom. The molecule has 2 rings (SSSR count). The summed E-state index contributed by atoms with van der Waals surface area (Å²) in [5.74, 6) is 0.477. The third-order valence-corrected chi connectivity index (χ3v) is 6.96. The number of rotatable bonds is 6. The lowest BCUT2D eigenvalue weighted by atomic mass is 9.95. The van der Waals surface area contributed by atoms with Gasteiger partial charge >= 0.3 is 0 Å². The Morgan fingerprint density at radius 1 is 1.38 bits per heavy atom. The number of nitrogens with zero attached hydrogens (tertiary/aromatic N) is 1. The van der Waals surface area contributed by atoms with Gasteiger partial charge in [0.15, 0.2) is 9.84 Å². The van der Waals surface area contributed by atoms with E-state index >= 15 is 0 Å². The smallest absolute Gasteiger partial charge is 0.151 e. The van der Waals surface area contributed by atoms with Crippen molar-refractivity contribution in [3.05, 3.63) is 16.1 Å². The fraction of sp³-hybridized carbons (Fsp3) is 0.800. The minimum Gasteiger partial charge on any atom is -0.312 e. The predicted octanol–water partition coefficient (Wildman–Crippen LogP) is 2.75. The second-order valence-electron chi connectivity index (χ2n) is 6.29. The molecule has 2 atom stereocenters. The minimum absolute atomic E-state index is 0.108. The largest absolute Gasteiger partial charge is 0.312 e. The first-order valence-corrected chi connectivity index (χ1v) is 10.6. The molecule has 1 N–H and O–H groups in total. The Labute approximate surface area is 132 Å². The van der Waals surface area contributed by atoms with Crippen molar-refractivity contribution in [1.82, 2.24) is 10.3 Å². The number of hydrogen-bond acceptors (Lipinski definition) is 5. The molecule has 4 nitrogen and oxygen atoms in total. The zero-order valence-electron chi connectivity index (χ0n) is 13.1. The topological polar surface area (TPSA) is 59.1 Å². The summed E-state index contributed by atoms with van der Waals surface area (Å²) in [4.78, 5) is 4.62. The van der Waals surface area contributed by atoms with E-state index < -0.39 is 9.84 Å². The zero-order chi connectivity index (χ0) is 15.5. The van der Waals surface area contributed by atoms with E-state index in [-0.39, 0.29) is 11.3 Å². The van der Waals surface area contributed by atoms with Crippen LogP contribution in [0.5, 0.6) is 0 Å². The summed E-state index contributed by atoms with van der Waals surface area (Å²) in [6.07, 6.45) is 6.15. The van der Waals surface area contributed by atoms with E-state index in [2.05, 4.69) is 29.5 Å². The molecule has 6 heteroatoms. The summed E-state index contributed by atoms with van der Waals surface area (Å²) in [7, 11) is -2.95. The van der Waals surface area contributed by atoms with Crippen molar-refractivity contribution in [2.75, 3.05) is 12.8 Å². The van der Waals surface area contributed by atoms with Crippen LogP contribution in [-0.2, 0) is 16.3 Å². The molecule has 1 aliphatic carbocycles. The van der Waals surface area contributed by atoms with Crippen LogP contribution in [0.4, 0.5) is 0 Å². The highest BCUT2D eigenvalue weighted by Gasteiger charge is 2.32. The number of nitrogens with one attached hydrogen (secondary N) is 1. The van der Waals surface area contributed by atoms with Crippen molar-refractivity contribution in [2.45, 2.75) is 63.2 Å². The molecule has 2 unspecified atom stereocenters. The molecule has 0 bridgehead atoms. The molecule has 0 saturated heterocycles. The predicted molar refractivity (Wildman–Crippen MR) is 88.8 cm³/mol. The van der Waals surface area contributed by atoms with E-state index in [9.17, 15) is 8.42 Å². The van der Waals surface area contributed by atoms with Gasteiger partial charge in [0.25, 0.3) is 0 Å². The molecule has 1 aromatic heterocycles. The molecule has 0 aromatic carbocycles. The molecule has 0 aliphatic heterocycles. The van der Waals surface area contributed by atoms with Crippen molar-refractivity contribution in [3.63, 3.8) is 0 Å². The van der Waals surface area contributed by atoms with Gasteiger partial charge in [-0.25, -0.2) is 13.4 Å². The summed E-state index contributed by atoms with van der Waals surface area (Å²) in [6.45, 7) is 5.11. The van der Waals surface area contributed by atoms with Crippen LogP contribution in [0.1, 0.15) is 56.2 Å². The van der Waals surface area contributed by atoms with Crippen molar-refractivity contribution >= 4 is 21.2 Å². The second kappa shape index (κ2) is 7.20. The van der Waals surface area contributed by atoms with Gasteiger partial charge in [0.2, 0.25) is 0 Å². The van der Waals surface area contributed by atoms with Crippen molar-refractivity contribution in [1.29, 1.82) is 0 Å². The highest BCUT2D eigenvalue weighted by atomic mass is 32.2. The fourth-order valence-corrected chi connectivity index (χ4v) is 5.22. The van der Waals surface area contributed by atoms with Crippen LogP contribution in [0.3, 0.4) is 0 Å². The first-order chi connectivity index (χ1) is 9.88. The molecule has 1 aromatic rings.